The zero-order chi connectivity index (χ0) is 40.7. The number of hydrogen-bond donors (Lipinski definition) is 6. The van der Waals surface area contributed by atoms with E-state index >= 15 is 0 Å². The van der Waals surface area contributed by atoms with E-state index in [-0.39, 0.29) is 12.8 Å². The molecule has 0 saturated heterocycles. The van der Waals surface area contributed by atoms with Gasteiger partial charge in [0.1, 0.15) is 43.2 Å². The minimum absolute atomic E-state index is 0.0691. The van der Waals surface area contributed by atoms with Crippen molar-refractivity contribution in [3.63, 3.8) is 0 Å². The van der Waals surface area contributed by atoms with Crippen LogP contribution in [-0.2, 0) is 32.7 Å². The van der Waals surface area contributed by atoms with Crippen molar-refractivity contribution in [3.05, 3.63) is 48.6 Å². The molecule has 0 heterocycles. The van der Waals surface area contributed by atoms with E-state index in [2.05, 4.69) is 38.2 Å². The average Bonchev–Trinajstić information content (AvgIpc) is 3.16. The summed E-state index contributed by atoms with van der Waals surface area (Å²) < 4.78 is 33.3. The number of ether oxygens (including phenoxy) is 2. The summed E-state index contributed by atoms with van der Waals surface area (Å²) in [6.45, 7) is 3.09. The summed E-state index contributed by atoms with van der Waals surface area (Å²) in [4.78, 5) is 35.5. The summed E-state index contributed by atoms with van der Waals surface area (Å²) >= 11 is 0. The number of esters is 2. The third-order valence-corrected chi connectivity index (χ3v) is 10.2. The Morgan fingerprint density at radius 2 is 1.05 bits per heavy atom. The predicted molar refractivity (Wildman–Crippen MR) is 212 cm³/mol. The zero-order valence-corrected chi connectivity index (χ0v) is 34.1. The van der Waals surface area contributed by atoms with E-state index in [1.807, 2.05) is 24.3 Å². The summed E-state index contributed by atoms with van der Waals surface area (Å²) in [6, 6.07) is 0. The highest BCUT2D eigenvalue weighted by atomic mass is 31.2. The maximum absolute atomic E-state index is 12.8. The largest absolute Gasteiger partial charge is 0.472 e. The molecule has 7 unspecified atom stereocenters. The Morgan fingerprint density at radius 3 is 1.64 bits per heavy atom. The van der Waals surface area contributed by atoms with Gasteiger partial charge < -0.3 is 39.9 Å². The highest BCUT2D eigenvalue weighted by Crippen LogP contribution is 2.47. The Balaban J connectivity index is 2.55. The third-order valence-electron chi connectivity index (χ3n) is 9.22. The normalized spacial score (nSPS) is 23.6. The lowest BCUT2D eigenvalue weighted by Gasteiger charge is -2.41. The van der Waals surface area contributed by atoms with Crippen LogP contribution in [0.2, 0.25) is 0 Å². The van der Waals surface area contributed by atoms with E-state index in [9.17, 15) is 44.6 Å². The number of allylic oxidation sites excluding steroid dienone is 8. The second-order valence-corrected chi connectivity index (χ2v) is 15.6. The van der Waals surface area contributed by atoms with Crippen LogP contribution in [0.1, 0.15) is 142 Å². The fraction of sp³-hybridized carbons (Fsp3) is 0.756. The van der Waals surface area contributed by atoms with Crippen molar-refractivity contribution in [1.82, 2.24) is 0 Å². The second-order valence-electron chi connectivity index (χ2n) is 14.2. The average molecular weight is 803 g/mol. The second kappa shape index (κ2) is 31.8. The van der Waals surface area contributed by atoms with E-state index in [0.717, 1.165) is 64.2 Å². The maximum Gasteiger partial charge on any atom is 0.472 e. The number of phosphoric ester groups is 1. The van der Waals surface area contributed by atoms with Crippen LogP contribution in [-0.4, -0.2) is 98.3 Å². The maximum atomic E-state index is 12.8. The number of carbonyl (C=O) groups excluding carboxylic acids is 2. The van der Waals surface area contributed by atoms with Crippen LogP contribution in [0.25, 0.3) is 0 Å². The first-order valence-corrected chi connectivity index (χ1v) is 22.0. The monoisotopic (exact) mass is 802 g/mol. The quantitative estimate of drug-likeness (QED) is 0.0136. The Bertz CT molecular complexity index is 1160. The van der Waals surface area contributed by atoms with Crippen molar-refractivity contribution in [1.29, 1.82) is 0 Å². The van der Waals surface area contributed by atoms with Gasteiger partial charge in [-0.15, -0.1) is 0 Å². The minimum atomic E-state index is -5.12. The van der Waals surface area contributed by atoms with E-state index in [4.69, 9.17) is 18.5 Å². The molecule has 0 aromatic heterocycles. The van der Waals surface area contributed by atoms with Crippen molar-refractivity contribution < 1.29 is 63.1 Å². The van der Waals surface area contributed by atoms with Gasteiger partial charge in [0.05, 0.1) is 6.61 Å². The van der Waals surface area contributed by atoms with E-state index in [0.29, 0.717) is 12.8 Å². The molecule has 318 valence electrons. The first kappa shape index (κ1) is 50.8. The van der Waals surface area contributed by atoms with Gasteiger partial charge in [-0.2, -0.15) is 0 Å². The van der Waals surface area contributed by atoms with Crippen LogP contribution in [0, 0.1) is 0 Å². The molecule has 0 aliphatic heterocycles. The molecule has 0 aromatic rings. The number of rotatable bonds is 32. The summed E-state index contributed by atoms with van der Waals surface area (Å²) in [6.07, 6.45) is 21.8. The molecule has 1 saturated carbocycles. The highest BCUT2D eigenvalue weighted by Gasteiger charge is 2.51. The topological polar surface area (TPSA) is 210 Å². The van der Waals surface area contributed by atoms with Crippen LogP contribution in [0.15, 0.2) is 48.6 Å². The van der Waals surface area contributed by atoms with Crippen LogP contribution < -0.4 is 0 Å². The number of carbonyl (C=O) groups is 2. The molecule has 14 heteroatoms. The summed E-state index contributed by atoms with van der Waals surface area (Å²) in [5, 5.41) is 50.0. The molecule has 0 spiro atoms. The zero-order valence-electron chi connectivity index (χ0n) is 33.2. The van der Waals surface area contributed by atoms with E-state index in [1.54, 1.807) is 0 Å². The molecule has 0 amide bonds. The predicted octanol–water partition coefficient (Wildman–Crippen LogP) is 6.83. The molecule has 8 atom stereocenters. The van der Waals surface area contributed by atoms with Crippen LogP contribution >= 0.6 is 7.82 Å². The Morgan fingerprint density at radius 1 is 0.582 bits per heavy atom. The molecular weight excluding hydrogens is 731 g/mol. The van der Waals surface area contributed by atoms with Gasteiger partial charge in [0, 0.05) is 12.8 Å². The van der Waals surface area contributed by atoms with Crippen LogP contribution in [0.4, 0.5) is 0 Å². The fourth-order valence-corrected chi connectivity index (χ4v) is 6.84. The van der Waals surface area contributed by atoms with Gasteiger partial charge >= 0.3 is 19.8 Å². The minimum Gasteiger partial charge on any atom is -0.462 e. The first-order chi connectivity index (χ1) is 26.4. The summed E-state index contributed by atoms with van der Waals surface area (Å²) in [7, 11) is -5.12. The van der Waals surface area contributed by atoms with Crippen molar-refractivity contribution in [2.24, 2.45) is 0 Å². The van der Waals surface area contributed by atoms with Crippen molar-refractivity contribution in [2.75, 3.05) is 13.2 Å². The molecule has 0 radical (unpaired) electrons. The summed E-state index contributed by atoms with van der Waals surface area (Å²) in [5.74, 6) is -1.15. The molecule has 1 aliphatic rings. The van der Waals surface area contributed by atoms with Crippen LogP contribution in [0.5, 0.6) is 0 Å². The van der Waals surface area contributed by atoms with Crippen LogP contribution in [0.3, 0.4) is 0 Å². The van der Waals surface area contributed by atoms with Gasteiger partial charge in [-0.1, -0.05) is 120 Å². The number of aliphatic hydroxyl groups excluding tert-OH is 5. The van der Waals surface area contributed by atoms with E-state index in [1.165, 1.54) is 38.5 Å². The molecule has 1 rings (SSSR count). The molecule has 1 fully saturated rings. The van der Waals surface area contributed by atoms with Gasteiger partial charge in [-0.25, -0.2) is 4.57 Å². The molecule has 0 bridgehead atoms. The van der Waals surface area contributed by atoms with Gasteiger partial charge in [-0.3, -0.25) is 18.6 Å². The lowest BCUT2D eigenvalue weighted by molar-refractivity contribution is -0.220. The standard InChI is InChI=1S/C41H71O13P/c1-3-5-7-9-11-13-15-17-19-21-23-25-27-29-34(42)51-31-33(32-52-55(49,50)54-41-39(47)37(45)36(44)38(46)40(41)48)53-35(43)30-28-26-24-22-20-18-16-14-12-10-8-6-4-2/h6,8,10,12,14,16-17,19,33,36-41,44-48H,3-5,7,9,11,13,15,18,20-32H2,1-2H3,(H,49,50)/b8-6+,12-10+,16-14+,19-17+/t33?,36?,37-,38?,39?,40?,41?/m1/s1. The fourth-order valence-electron chi connectivity index (χ4n) is 5.87. The smallest absolute Gasteiger partial charge is 0.462 e. The van der Waals surface area contributed by atoms with Crippen molar-refractivity contribution in [3.8, 4) is 0 Å². The first-order valence-electron chi connectivity index (χ1n) is 20.5. The third kappa shape index (κ3) is 24.9. The molecule has 13 nitrogen and oxygen atoms in total. The van der Waals surface area contributed by atoms with Gasteiger partial charge in [-0.05, 0) is 57.8 Å². The molecule has 6 N–H and O–H groups in total. The number of phosphoric acid groups is 1. The molecule has 0 aromatic carbocycles. The van der Waals surface area contributed by atoms with Gasteiger partial charge in [0.2, 0.25) is 0 Å². The SMILES string of the molecule is CC/C=C/C=C/C=C/CCCCCCCC(=O)OC(COC(=O)CCCCC/C=C/CCCCCCCC)COP(=O)(O)OC1C(O)C(O)C(O)[C@@H](O)C1O. The van der Waals surface area contributed by atoms with Gasteiger partial charge in [0.15, 0.2) is 6.10 Å². The van der Waals surface area contributed by atoms with Gasteiger partial charge in [0.25, 0.3) is 0 Å². The Kier molecular flexibility index (Phi) is 29.4. The van der Waals surface area contributed by atoms with Crippen molar-refractivity contribution in [2.45, 2.75) is 185 Å². The molecule has 55 heavy (non-hydrogen) atoms. The Labute approximate surface area is 329 Å². The number of unbranched alkanes of at least 4 members (excludes halogenated alkanes) is 14. The molecule has 1 aliphatic carbocycles. The Hall–Kier alpha value is -2.19. The van der Waals surface area contributed by atoms with E-state index < -0.39 is 75.7 Å². The van der Waals surface area contributed by atoms with Crippen molar-refractivity contribution >= 4 is 19.8 Å². The number of hydrogen-bond acceptors (Lipinski definition) is 12. The lowest BCUT2D eigenvalue weighted by atomic mass is 9.85. The number of aliphatic hydroxyl groups is 5. The highest BCUT2D eigenvalue weighted by molar-refractivity contribution is 7.47. The summed E-state index contributed by atoms with van der Waals surface area (Å²) in [5.41, 5.74) is 0. The molecular formula is C41H71O13P. The lowest BCUT2D eigenvalue weighted by Crippen LogP contribution is -2.64.